The van der Waals surface area contributed by atoms with Gasteiger partial charge in [0.25, 0.3) is 5.91 Å². The van der Waals surface area contributed by atoms with Gasteiger partial charge in [-0.05, 0) is 49.7 Å². The number of carbonyl (C=O) groups is 1. The Kier molecular flexibility index (Phi) is 7.15. The zero-order valence-corrected chi connectivity index (χ0v) is 17.3. The Balaban J connectivity index is 2.41. The molecule has 28 heavy (non-hydrogen) atoms. The van der Waals surface area contributed by atoms with E-state index < -0.39 is 21.7 Å². The molecule has 2 aromatic rings. The largest absolute Gasteiger partial charge is 0.492 e. The van der Waals surface area contributed by atoms with Crippen molar-refractivity contribution in [3.05, 3.63) is 53.3 Å². The van der Waals surface area contributed by atoms with Crippen LogP contribution < -0.4 is 10.1 Å². The van der Waals surface area contributed by atoms with E-state index in [2.05, 4.69) is 5.32 Å². The molecule has 152 valence electrons. The van der Waals surface area contributed by atoms with Crippen molar-refractivity contribution < 1.29 is 22.3 Å². The zero-order chi connectivity index (χ0) is 20.9. The number of anilines is 1. The lowest BCUT2D eigenvalue weighted by molar-refractivity contribution is 0.102. The van der Waals surface area contributed by atoms with Crippen molar-refractivity contribution in [2.75, 3.05) is 25.0 Å². The molecule has 0 radical (unpaired) electrons. The lowest BCUT2D eigenvalue weighted by Gasteiger charge is -2.21. The van der Waals surface area contributed by atoms with Gasteiger partial charge < -0.3 is 10.1 Å². The first-order chi connectivity index (χ1) is 13.2. The fourth-order valence-corrected chi connectivity index (χ4v) is 4.32. The van der Waals surface area contributed by atoms with E-state index >= 15 is 0 Å². The molecule has 0 fully saturated rings. The van der Waals surface area contributed by atoms with E-state index in [0.29, 0.717) is 25.3 Å². The van der Waals surface area contributed by atoms with Crippen LogP contribution in [0.25, 0.3) is 0 Å². The highest BCUT2D eigenvalue weighted by Gasteiger charge is 2.26. The number of sulfonamides is 1. The fourth-order valence-electron chi connectivity index (χ4n) is 2.70. The molecule has 2 aromatic carbocycles. The molecular weight excluding hydrogens is 383 g/mol. The van der Waals surface area contributed by atoms with Gasteiger partial charge in [0.2, 0.25) is 10.0 Å². The van der Waals surface area contributed by atoms with Gasteiger partial charge in [0.15, 0.2) is 0 Å². The Morgan fingerprint density at radius 2 is 1.79 bits per heavy atom. The number of nitrogens with zero attached hydrogens (tertiary/aromatic N) is 1. The molecule has 0 bridgehead atoms. The molecule has 0 aromatic heterocycles. The van der Waals surface area contributed by atoms with Crippen LogP contribution >= 0.6 is 0 Å². The van der Waals surface area contributed by atoms with Crippen LogP contribution in [-0.4, -0.2) is 38.3 Å². The molecule has 1 amide bonds. The van der Waals surface area contributed by atoms with Gasteiger partial charge >= 0.3 is 0 Å². The third-order valence-electron chi connectivity index (χ3n) is 4.26. The van der Waals surface area contributed by atoms with Gasteiger partial charge in [-0.3, -0.25) is 4.79 Å². The summed E-state index contributed by atoms with van der Waals surface area (Å²) in [7, 11) is -3.79. The molecule has 0 unspecified atom stereocenters. The Bertz CT molecular complexity index is 957. The normalized spacial score (nSPS) is 11.5. The first-order valence-electron chi connectivity index (χ1n) is 9.09. The summed E-state index contributed by atoms with van der Waals surface area (Å²) in [5.74, 6) is -0.799. The molecule has 0 aliphatic heterocycles. The number of amides is 1. The molecule has 0 aliphatic carbocycles. The summed E-state index contributed by atoms with van der Waals surface area (Å²) in [4.78, 5) is 12.4. The monoisotopic (exact) mass is 408 g/mol. The van der Waals surface area contributed by atoms with Gasteiger partial charge in [0.05, 0.1) is 6.61 Å². The van der Waals surface area contributed by atoms with Crippen LogP contribution in [0.15, 0.2) is 41.3 Å². The number of hydrogen-bond donors (Lipinski definition) is 1. The first-order valence-corrected chi connectivity index (χ1v) is 10.5. The Labute approximate surface area is 165 Å². The SMILES string of the molecule is CCOc1ccc(NC(=O)c2ccc(C)c(F)c2)cc1S(=O)(=O)N(CC)CC. The third-order valence-corrected chi connectivity index (χ3v) is 6.33. The summed E-state index contributed by atoms with van der Waals surface area (Å²) in [6, 6.07) is 8.59. The van der Waals surface area contributed by atoms with Gasteiger partial charge in [-0.25, -0.2) is 12.8 Å². The van der Waals surface area contributed by atoms with E-state index in [1.807, 2.05) is 0 Å². The second kappa shape index (κ2) is 9.16. The first kappa shape index (κ1) is 21.8. The molecule has 8 heteroatoms. The van der Waals surface area contributed by atoms with Crippen molar-refractivity contribution in [3.63, 3.8) is 0 Å². The molecule has 1 N–H and O–H groups in total. The lowest BCUT2D eigenvalue weighted by atomic mass is 10.1. The topological polar surface area (TPSA) is 75.7 Å². The number of nitrogens with one attached hydrogen (secondary N) is 1. The average Bonchev–Trinajstić information content (AvgIpc) is 2.66. The zero-order valence-electron chi connectivity index (χ0n) is 16.5. The van der Waals surface area contributed by atoms with Crippen LogP contribution in [0.3, 0.4) is 0 Å². The van der Waals surface area contributed by atoms with E-state index in [9.17, 15) is 17.6 Å². The molecule has 0 spiro atoms. The number of halogens is 1. The number of rotatable bonds is 8. The smallest absolute Gasteiger partial charge is 0.255 e. The van der Waals surface area contributed by atoms with E-state index in [1.165, 1.54) is 28.6 Å². The minimum absolute atomic E-state index is 0.0223. The molecule has 0 heterocycles. The van der Waals surface area contributed by atoms with Crippen molar-refractivity contribution in [2.24, 2.45) is 0 Å². The summed E-state index contributed by atoms with van der Waals surface area (Å²) in [5, 5.41) is 2.62. The van der Waals surface area contributed by atoms with Crippen molar-refractivity contribution in [1.82, 2.24) is 4.31 Å². The lowest BCUT2D eigenvalue weighted by Crippen LogP contribution is -2.31. The maximum Gasteiger partial charge on any atom is 0.255 e. The standard InChI is InChI=1S/C20H25FN2O4S/c1-5-23(6-2)28(25,26)19-13-16(10-11-18(19)27-7-3)22-20(24)15-9-8-14(4)17(21)12-15/h8-13H,5-7H2,1-4H3,(H,22,24). The predicted molar refractivity (Wildman–Crippen MR) is 107 cm³/mol. The molecule has 2 rings (SSSR count). The summed E-state index contributed by atoms with van der Waals surface area (Å²) in [6.07, 6.45) is 0. The van der Waals surface area contributed by atoms with Crippen LogP contribution in [0.1, 0.15) is 36.7 Å². The Hall–Kier alpha value is -2.45. The van der Waals surface area contributed by atoms with Crippen LogP contribution in [0.2, 0.25) is 0 Å². The highest BCUT2D eigenvalue weighted by atomic mass is 32.2. The second-order valence-corrected chi connectivity index (χ2v) is 8.01. The quantitative estimate of drug-likeness (QED) is 0.721. The number of benzene rings is 2. The molecule has 6 nitrogen and oxygen atoms in total. The summed E-state index contributed by atoms with van der Waals surface area (Å²) >= 11 is 0. The van der Waals surface area contributed by atoms with Gasteiger partial charge in [0, 0.05) is 24.3 Å². The Morgan fingerprint density at radius 1 is 1.11 bits per heavy atom. The van der Waals surface area contributed by atoms with Crippen LogP contribution in [-0.2, 0) is 10.0 Å². The van der Waals surface area contributed by atoms with Crippen LogP contribution in [0.4, 0.5) is 10.1 Å². The van der Waals surface area contributed by atoms with E-state index in [-0.39, 0.29) is 21.9 Å². The number of aryl methyl sites for hydroxylation is 1. The molecular formula is C20H25FN2O4S. The van der Waals surface area contributed by atoms with Crippen molar-refractivity contribution in [1.29, 1.82) is 0 Å². The third kappa shape index (κ3) is 4.69. The number of hydrogen-bond acceptors (Lipinski definition) is 4. The van der Waals surface area contributed by atoms with Gasteiger partial charge in [-0.1, -0.05) is 19.9 Å². The Morgan fingerprint density at radius 3 is 2.36 bits per heavy atom. The van der Waals surface area contributed by atoms with Crippen molar-refractivity contribution in [2.45, 2.75) is 32.6 Å². The predicted octanol–water partition coefficient (Wildman–Crippen LogP) is 3.82. The summed E-state index contributed by atoms with van der Waals surface area (Å²) in [6.45, 7) is 7.78. The van der Waals surface area contributed by atoms with Crippen molar-refractivity contribution in [3.8, 4) is 5.75 Å². The van der Waals surface area contributed by atoms with Crippen LogP contribution in [0, 0.1) is 12.7 Å². The minimum Gasteiger partial charge on any atom is -0.492 e. The van der Waals surface area contributed by atoms with Gasteiger partial charge in [-0.15, -0.1) is 0 Å². The van der Waals surface area contributed by atoms with E-state index in [4.69, 9.17) is 4.74 Å². The average molecular weight is 408 g/mol. The highest BCUT2D eigenvalue weighted by Crippen LogP contribution is 2.30. The molecule has 0 aliphatic rings. The van der Waals surface area contributed by atoms with Gasteiger partial charge in [0.1, 0.15) is 16.5 Å². The van der Waals surface area contributed by atoms with Gasteiger partial charge in [-0.2, -0.15) is 4.31 Å². The van der Waals surface area contributed by atoms with E-state index in [1.54, 1.807) is 33.8 Å². The fraction of sp³-hybridized carbons (Fsp3) is 0.350. The van der Waals surface area contributed by atoms with E-state index in [0.717, 1.165) is 6.07 Å². The maximum atomic E-state index is 13.7. The minimum atomic E-state index is -3.79. The molecule has 0 atom stereocenters. The molecule has 0 saturated heterocycles. The van der Waals surface area contributed by atoms with Crippen molar-refractivity contribution >= 4 is 21.6 Å². The summed E-state index contributed by atoms with van der Waals surface area (Å²) in [5.41, 5.74) is 0.857. The van der Waals surface area contributed by atoms with Crippen LogP contribution in [0.5, 0.6) is 5.75 Å². The summed E-state index contributed by atoms with van der Waals surface area (Å²) < 4.78 is 46.4. The second-order valence-electron chi connectivity index (χ2n) is 6.10. The highest BCUT2D eigenvalue weighted by molar-refractivity contribution is 7.89. The number of carbonyl (C=O) groups excluding carboxylic acids is 1. The molecule has 0 saturated carbocycles. The maximum absolute atomic E-state index is 13.7. The number of ether oxygens (including phenoxy) is 1.